The molecular weight excluding hydrogens is 366 g/mol. The minimum absolute atomic E-state index is 0.0134. The summed E-state index contributed by atoms with van der Waals surface area (Å²) in [7, 11) is 5.16. The number of methoxy groups -OCH3 is 1. The maximum atomic E-state index is 12.6. The Balaban J connectivity index is 1.49. The van der Waals surface area contributed by atoms with Crippen LogP contribution >= 0.6 is 0 Å². The quantitative estimate of drug-likeness (QED) is 0.755. The van der Waals surface area contributed by atoms with E-state index in [1.54, 1.807) is 26.1 Å². The van der Waals surface area contributed by atoms with Gasteiger partial charge in [0.25, 0.3) is 5.91 Å². The van der Waals surface area contributed by atoms with Gasteiger partial charge in [-0.05, 0) is 36.2 Å². The number of carbonyl (C=O) groups excluding carboxylic acids is 2. The Morgan fingerprint density at radius 3 is 2.24 bits per heavy atom. The third-order valence-electron chi connectivity index (χ3n) is 5.29. The first-order valence-corrected chi connectivity index (χ1v) is 9.96. The molecule has 29 heavy (non-hydrogen) atoms. The Bertz CT molecular complexity index is 841. The highest BCUT2D eigenvalue weighted by Crippen LogP contribution is 2.28. The number of piperazine rings is 1. The molecule has 2 aromatic rings. The normalized spacial score (nSPS) is 13.9. The van der Waals surface area contributed by atoms with Crippen LogP contribution in [0.15, 0.2) is 48.5 Å². The monoisotopic (exact) mass is 395 g/mol. The molecule has 0 N–H and O–H groups in total. The van der Waals surface area contributed by atoms with Crippen molar-refractivity contribution < 1.29 is 14.3 Å². The molecule has 0 atom stereocenters. The molecule has 1 fully saturated rings. The van der Waals surface area contributed by atoms with E-state index in [1.165, 1.54) is 0 Å². The largest absolute Gasteiger partial charge is 0.495 e. The van der Waals surface area contributed by atoms with Crippen LogP contribution in [0, 0.1) is 0 Å². The van der Waals surface area contributed by atoms with E-state index in [0.29, 0.717) is 31.5 Å². The predicted molar refractivity (Wildman–Crippen MR) is 115 cm³/mol. The maximum Gasteiger partial charge on any atom is 0.253 e. The highest BCUT2D eigenvalue weighted by Gasteiger charge is 2.22. The number of aryl methyl sites for hydroxylation is 1. The molecule has 0 aliphatic carbocycles. The summed E-state index contributed by atoms with van der Waals surface area (Å²) >= 11 is 0. The summed E-state index contributed by atoms with van der Waals surface area (Å²) in [5.41, 5.74) is 2.81. The zero-order valence-corrected chi connectivity index (χ0v) is 17.4. The summed E-state index contributed by atoms with van der Waals surface area (Å²) in [6, 6.07) is 15.5. The number of hydrogen-bond donors (Lipinski definition) is 0. The van der Waals surface area contributed by atoms with Gasteiger partial charge < -0.3 is 19.4 Å². The molecule has 2 amide bonds. The lowest BCUT2D eigenvalue weighted by atomic mass is 10.1. The van der Waals surface area contributed by atoms with Gasteiger partial charge in [0.2, 0.25) is 5.91 Å². The molecule has 1 heterocycles. The SMILES string of the molecule is COc1ccccc1N1CCN(C(=O)CCc2ccc(C(=O)N(C)C)cc2)CC1. The first kappa shape index (κ1) is 20.7. The molecule has 0 spiro atoms. The van der Waals surface area contributed by atoms with E-state index >= 15 is 0 Å². The number of ether oxygens (including phenoxy) is 1. The molecule has 0 aromatic heterocycles. The molecule has 1 aliphatic rings. The van der Waals surface area contributed by atoms with Crippen molar-refractivity contribution >= 4 is 17.5 Å². The van der Waals surface area contributed by atoms with Crippen molar-refractivity contribution in [2.75, 3.05) is 52.3 Å². The summed E-state index contributed by atoms with van der Waals surface area (Å²) in [5.74, 6) is 1.03. The molecule has 0 saturated carbocycles. The first-order valence-electron chi connectivity index (χ1n) is 9.96. The third kappa shape index (κ3) is 5.08. The lowest BCUT2D eigenvalue weighted by Crippen LogP contribution is -2.48. The van der Waals surface area contributed by atoms with Gasteiger partial charge in [-0.1, -0.05) is 24.3 Å². The number of nitrogens with zero attached hydrogens (tertiary/aromatic N) is 3. The van der Waals surface area contributed by atoms with Crippen LogP contribution in [0.5, 0.6) is 5.75 Å². The molecular formula is C23H29N3O3. The molecule has 1 aliphatic heterocycles. The molecule has 6 heteroatoms. The predicted octanol–water partition coefficient (Wildman–Crippen LogP) is 2.68. The van der Waals surface area contributed by atoms with Crippen LogP contribution in [0.25, 0.3) is 0 Å². The zero-order valence-electron chi connectivity index (χ0n) is 17.4. The number of para-hydroxylation sites is 2. The van der Waals surface area contributed by atoms with Gasteiger partial charge in [0.15, 0.2) is 0 Å². The van der Waals surface area contributed by atoms with Crippen LogP contribution in [0.1, 0.15) is 22.3 Å². The number of hydrogen-bond acceptors (Lipinski definition) is 4. The lowest BCUT2D eigenvalue weighted by molar-refractivity contribution is -0.131. The van der Waals surface area contributed by atoms with Gasteiger partial charge in [0, 0.05) is 52.3 Å². The summed E-state index contributed by atoms with van der Waals surface area (Å²) in [4.78, 5) is 30.3. The van der Waals surface area contributed by atoms with Crippen molar-refractivity contribution in [2.45, 2.75) is 12.8 Å². The standard InChI is InChI=1S/C23H29N3O3/c1-24(2)23(28)19-11-8-18(9-12-19)10-13-22(27)26-16-14-25(15-17-26)20-6-4-5-7-21(20)29-3/h4-9,11-12H,10,13-17H2,1-3H3. The van der Waals surface area contributed by atoms with Crippen LogP contribution in [-0.2, 0) is 11.2 Å². The highest BCUT2D eigenvalue weighted by atomic mass is 16.5. The van der Waals surface area contributed by atoms with E-state index in [-0.39, 0.29) is 11.8 Å². The second-order valence-electron chi connectivity index (χ2n) is 7.44. The molecule has 6 nitrogen and oxygen atoms in total. The first-order chi connectivity index (χ1) is 14.0. The molecule has 2 aromatic carbocycles. The van der Waals surface area contributed by atoms with Crippen LogP contribution in [0.2, 0.25) is 0 Å². The Hall–Kier alpha value is -3.02. The van der Waals surface area contributed by atoms with Crippen molar-refractivity contribution in [1.82, 2.24) is 9.80 Å². The topological polar surface area (TPSA) is 53.1 Å². The van der Waals surface area contributed by atoms with Crippen LogP contribution in [0.4, 0.5) is 5.69 Å². The van der Waals surface area contributed by atoms with Crippen molar-refractivity contribution in [3.8, 4) is 5.75 Å². The Morgan fingerprint density at radius 1 is 0.966 bits per heavy atom. The second-order valence-corrected chi connectivity index (χ2v) is 7.44. The van der Waals surface area contributed by atoms with Gasteiger partial charge in [0.05, 0.1) is 12.8 Å². The number of amides is 2. The van der Waals surface area contributed by atoms with Crippen molar-refractivity contribution in [1.29, 1.82) is 0 Å². The molecule has 0 radical (unpaired) electrons. The Labute approximate surface area is 172 Å². The van der Waals surface area contributed by atoms with Crippen LogP contribution in [0.3, 0.4) is 0 Å². The van der Waals surface area contributed by atoms with E-state index in [9.17, 15) is 9.59 Å². The van der Waals surface area contributed by atoms with Gasteiger partial charge in [0.1, 0.15) is 5.75 Å². The van der Waals surface area contributed by atoms with E-state index < -0.39 is 0 Å². The zero-order chi connectivity index (χ0) is 20.8. The maximum absolute atomic E-state index is 12.6. The third-order valence-corrected chi connectivity index (χ3v) is 5.29. The van der Waals surface area contributed by atoms with Crippen molar-refractivity contribution in [2.24, 2.45) is 0 Å². The molecule has 154 valence electrons. The van der Waals surface area contributed by atoms with Crippen molar-refractivity contribution in [3.05, 3.63) is 59.7 Å². The number of benzene rings is 2. The fourth-order valence-corrected chi connectivity index (χ4v) is 3.57. The Kier molecular flexibility index (Phi) is 6.75. The summed E-state index contributed by atoms with van der Waals surface area (Å²) in [6.45, 7) is 3.03. The summed E-state index contributed by atoms with van der Waals surface area (Å²) in [6.07, 6.45) is 1.16. The van der Waals surface area contributed by atoms with Gasteiger partial charge >= 0.3 is 0 Å². The summed E-state index contributed by atoms with van der Waals surface area (Å²) in [5, 5.41) is 0. The fourth-order valence-electron chi connectivity index (χ4n) is 3.57. The molecule has 1 saturated heterocycles. The van der Waals surface area contributed by atoms with E-state index in [0.717, 1.165) is 30.1 Å². The average Bonchev–Trinajstić information content (AvgIpc) is 2.77. The van der Waals surface area contributed by atoms with Gasteiger partial charge in [-0.3, -0.25) is 9.59 Å². The molecule has 0 unspecified atom stereocenters. The number of rotatable bonds is 6. The van der Waals surface area contributed by atoms with E-state index in [2.05, 4.69) is 11.0 Å². The summed E-state index contributed by atoms with van der Waals surface area (Å²) < 4.78 is 5.45. The number of anilines is 1. The van der Waals surface area contributed by atoms with Crippen molar-refractivity contribution in [3.63, 3.8) is 0 Å². The lowest BCUT2D eigenvalue weighted by Gasteiger charge is -2.36. The minimum atomic E-state index is -0.0134. The Morgan fingerprint density at radius 2 is 1.62 bits per heavy atom. The highest BCUT2D eigenvalue weighted by molar-refractivity contribution is 5.93. The van der Waals surface area contributed by atoms with E-state index in [4.69, 9.17) is 4.74 Å². The number of carbonyl (C=O) groups is 2. The van der Waals surface area contributed by atoms with E-state index in [1.807, 2.05) is 47.4 Å². The fraction of sp³-hybridized carbons (Fsp3) is 0.391. The average molecular weight is 396 g/mol. The molecule has 0 bridgehead atoms. The van der Waals surface area contributed by atoms with Crippen LogP contribution < -0.4 is 9.64 Å². The minimum Gasteiger partial charge on any atom is -0.495 e. The van der Waals surface area contributed by atoms with Gasteiger partial charge in [-0.25, -0.2) is 0 Å². The molecule has 3 rings (SSSR count). The van der Waals surface area contributed by atoms with Gasteiger partial charge in [-0.2, -0.15) is 0 Å². The van der Waals surface area contributed by atoms with Crippen LogP contribution in [-0.4, -0.2) is 69.0 Å². The second kappa shape index (κ2) is 9.45. The smallest absolute Gasteiger partial charge is 0.253 e. The van der Waals surface area contributed by atoms with Gasteiger partial charge in [-0.15, -0.1) is 0 Å².